The van der Waals surface area contributed by atoms with Crippen LogP contribution in [0, 0.1) is 0 Å². The van der Waals surface area contributed by atoms with Gasteiger partial charge in [-0.15, -0.1) is 0 Å². The number of ether oxygens (including phenoxy) is 3. The number of hydrogen-bond acceptors (Lipinski definition) is 7. The molecule has 0 aliphatic heterocycles. The molecule has 2 unspecified atom stereocenters. The number of likely N-dealkylation sites (N-methyl/N-ethyl adjacent to an activating group) is 1. The van der Waals surface area contributed by atoms with Crippen molar-refractivity contribution in [2.75, 3.05) is 41.0 Å². The lowest BCUT2D eigenvalue weighted by Gasteiger charge is -2.34. The number of carbonyl (C=O) groups is 3. The highest BCUT2D eigenvalue weighted by molar-refractivity contribution is 5.70. The third-order valence-corrected chi connectivity index (χ3v) is 10.8. The molecule has 0 radical (unpaired) electrons. The normalized spacial score (nSPS) is 13.8. The number of aliphatic carboxylic acids is 1. The van der Waals surface area contributed by atoms with Crippen molar-refractivity contribution in [3.63, 3.8) is 0 Å². The van der Waals surface area contributed by atoms with Crippen molar-refractivity contribution >= 4 is 17.9 Å². The minimum atomic E-state index is -1.14. The number of carboxylic acids is 1. The van der Waals surface area contributed by atoms with E-state index < -0.39 is 18.1 Å². The van der Waals surface area contributed by atoms with E-state index in [1.807, 2.05) is 72.9 Å². The molecule has 0 aromatic heterocycles. The second kappa shape index (κ2) is 46.5. The van der Waals surface area contributed by atoms with Gasteiger partial charge in [0.25, 0.3) is 0 Å². The van der Waals surface area contributed by atoms with Gasteiger partial charge < -0.3 is 28.6 Å². The first kappa shape index (κ1) is 61.0. The van der Waals surface area contributed by atoms with Crippen LogP contribution in [0.25, 0.3) is 0 Å². The molecule has 65 heavy (non-hydrogen) atoms. The van der Waals surface area contributed by atoms with E-state index >= 15 is 0 Å². The van der Waals surface area contributed by atoms with Gasteiger partial charge in [-0.05, 0) is 64.2 Å². The minimum Gasteiger partial charge on any atom is -0.544 e. The molecule has 0 heterocycles. The molecule has 368 valence electrons. The van der Waals surface area contributed by atoms with Crippen LogP contribution in [0.4, 0.5) is 0 Å². The van der Waals surface area contributed by atoms with Crippen LogP contribution in [0.2, 0.25) is 0 Å². The largest absolute Gasteiger partial charge is 0.544 e. The fraction of sp³-hybridized carbons (Fsp3) is 0.632. The monoisotopic (exact) mass is 904 g/mol. The highest BCUT2D eigenvalue weighted by atomic mass is 16.6. The van der Waals surface area contributed by atoms with Gasteiger partial charge >= 0.3 is 11.9 Å². The fourth-order valence-electron chi connectivity index (χ4n) is 6.91. The van der Waals surface area contributed by atoms with Crippen LogP contribution >= 0.6 is 0 Å². The Hall–Kier alpha value is -4.01. The van der Waals surface area contributed by atoms with Crippen molar-refractivity contribution in [2.24, 2.45) is 0 Å². The van der Waals surface area contributed by atoms with Crippen molar-refractivity contribution in [1.29, 1.82) is 0 Å². The van der Waals surface area contributed by atoms with Crippen molar-refractivity contribution in [2.45, 2.75) is 193 Å². The first-order valence-electron chi connectivity index (χ1n) is 25.5. The third kappa shape index (κ3) is 45.0. The first-order valence-corrected chi connectivity index (χ1v) is 25.5. The van der Waals surface area contributed by atoms with Crippen LogP contribution in [0.1, 0.15) is 181 Å². The summed E-state index contributed by atoms with van der Waals surface area (Å²) in [6.45, 7) is 4.45. The maximum absolute atomic E-state index is 12.8. The van der Waals surface area contributed by atoms with E-state index in [-0.39, 0.29) is 49.1 Å². The lowest BCUT2D eigenvalue weighted by molar-refractivity contribution is -0.889. The average Bonchev–Trinajstić information content (AvgIpc) is 3.27. The molecular weight excluding hydrogens is 811 g/mol. The van der Waals surface area contributed by atoms with Gasteiger partial charge in [-0.1, -0.05) is 207 Å². The Kier molecular flexibility index (Phi) is 43.6. The van der Waals surface area contributed by atoms with Gasteiger partial charge in [-0.25, -0.2) is 0 Å². The summed E-state index contributed by atoms with van der Waals surface area (Å²) in [4.78, 5) is 37.0. The second-order valence-electron chi connectivity index (χ2n) is 17.9. The van der Waals surface area contributed by atoms with Crippen LogP contribution < -0.4 is 5.11 Å². The first-order chi connectivity index (χ1) is 31.6. The van der Waals surface area contributed by atoms with E-state index in [2.05, 4.69) is 50.3 Å². The number of carbonyl (C=O) groups excluding carboxylic acids is 3. The lowest BCUT2D eigenvalue weighted by atomic mass is 10.1. The van der Waals surface area contributed by atoms with Gasteiger partial charge in [0, 0.05) is 19.3 Å². The fourth-order valence-corrected chi connectivity index (χ4v) is 6.91. The number of unbranched alkanes of at least 4 members (excludes halogenated alkanes) is 18. The van der Waals surface area contributed by atoms with Crippen molar-refractivity contribution < 1.29 is 38.2 Å². The zero-order valence-electron chi connectivity index (χ0n) is 41.9. The Morgan fingerprint density at radius 2 is 0.923 bits per heavy atom. The van der Waals surface area contributed by atoms with Gasteiger partial charge in [0.2, 0.25) is 0 Å². The number of allylic oxidation sites excluding steroid dienone is 18. The predicted molar refractivity (Wildman–Crippen MR) is 272 cm³/mol. The van der Waals surface area contributed by atoms with E-state index in [1.165, 1.54) is 77.0 Å². The summed E-state index contributed by atoms with van der Waals surface area (Å²) in [6.07, 6.45) is 64.0. The molecule has 0 saturated carbocycles. The highest BCUT2D eigenvalue weighted by Gasteiger charge is 2.25. The number of quaternary nitrogens is 1. The van der Waals surface area contributed by atoms with Gasteiger partial charge in [-0.2, -0.15) is 0 Å². The zero-order valence-corrected chi connectivity index (χ0v) is 41.9. The summed E-state index contributed by atoms with van der Waals surface area (Å²) < 4.78 is 17.2. The highest BCUT2D eigenvalue weighted by Crippen LogP contribution is 2.14. The molecule has 8 heteroatoms. The van der Waals surface area contributed by atoms with E-state index in [1.54, 1.807) is 21.1 Å². The summed E-state index contributed by atoms with van der Waals surface area (Å²) in [7, 11) is 5.38. The van der Waals surface area contributed by atoms with E-state index in [0.29, 0.717) is 12.8 Å². The van der Waals surface area contributed by atoms with Gasteiger partial charge in [0.05, 0.1) is 40.3 Å². The molecule has 0 aromatic carbocycles. The van der Waals surface area contributed by atoms with Crippen LogP contribution in [-0.2, 0) is 28.6 Å². The molecule has 0 bridgehead atoms. The maximum atomic E-state index is 12.8. The maximum Gasteiger partial charge on any atom is 0.306 e. The number of rotatable bonds is 44. The molecule has 8 nitrogen and oxygen atoms in total. The minimum absolute atomic E-state index is 0.0149. The summed E-state index contributed by atoms with van der Waals surface area (Å²) >= 11 is 0. The van der Waals surface area contributed by atoms with Crippen molar-refractivity contribution in [1.82, 2.24) is 0 Å². The Morgan fingerprint density at radius 3 is 1.42 bits per heavy atom. The second-order valence-corrected chi connectivity index (χ2v) is 17.9. The molecule has 2 atom stereocenters. The molecule has 0 spiro atoms. The summed E-state index contributed by atoms with van der Waals surface area (Å²) in [5, 5.41) is 11.7. The van der Waals surface area contributed by atoms with Gasteiger partial charge in [0.1, 0.15) is 12.6 Å². The molecule has 0 N–H and O–H groups in total. The molecule has 0 aliphatic rings. The Labute approximate surface area is 398 Å². The topological polar surface area (TPSA) is 102 Å². The number of nitrogens with zero attached hydrogens (tertiary/aromatic N) is 1. The smallest absolute Gasteiger partial charge is 0.306 e. The van der Waals surface area contributed by atoms with Crippen molar-refractivity contribution in [3.8, 4) is 0 Å². The third-order valence-electron chi connectivity index (χ3n) is 10.8. The molecule has 0 fully saturated rings. The number of esters is 2. The van der Waals surface area contributed by atoms with Crippen molar-refractivity contribution in [3.05, 3.63) is 109 Å². The van der Waals surface area contributed by atoms with E-state index in [9.17, 15) is 19.5 Å². The Bertz CT molecular complexity index is 1420. The molecule has 0 aliphatic carbocycles. The van der Waals surface area contributed by atoms with Crippen LogP contribution in [0.15, 0.2) is 109 Å². The predicted octanol–water partition coefficient (Wildman–Crippen LogP) is 13.5. The lowest BCUT2D eigenvalue weighted by Crippen LogP contribution is -2.55. The van der Waals surface area contributed by atoms with E-state index in [4.69, 9.17) is 14.2 Å². The Balaban J connectivity index is 4.39. The average molecular weight is 904 g/mol. The molecule has 0 saturated heterocycles. The molecular formula is C57H93NO7. The van der Waals surface area contributed by atoms with Crippen LogP contribution in [0.5, 0.6) is 0 Å². The van der Waals surface area contributed by atoms with E-state index in [0.717, 1.165) is 64.2 Å². The summed E-state index contributed by atoms with van der Waals surface area (Å²) in [5.41, 5.74) is 0. The number of hydrogen-bond donors (Lipinski definition) is 0. The van der Waals surface area contributed by atoms with Crippen LogP contribution in [0.3, 0.4) is 0 Å². The molecule has 0 aromatic rings. The zero-order chi connectivity index (χ0) is 47.7. The SMILES string of the molecule is CC/C=C/C=C/C=C/C=C/C=C/C=C/C=C/CCCCCC(=O)OCC(COCCC(C(=O)[O-])[N+](C)(C)C)OC(=O)CCCCCCCCC/C=C/C/C=C/CCCCCCCCCC. The summed E-state index contributed by atoms with van der Waals surface area (Å²) in [6, 6.07) is -0.742. The summed E-state index contributed by atoms with van der Waals surface area (Å²) in [5.74, 6) is -1.82. The molecule has 0 amide bonds. The van der Waals surface area contributed by atoms with Gasteiger partial charge in [-0.3, -0.25) is 9.59 Å². The Morgan fingerprint density at radius 1 is 0.492 bits per heavy atom. The quantitative estimate of drug-likeness (QED) is 0.0197. The number of carboxylic acid groups (broad SMARTS) is 1. The molecule has 0 rings (SSSR count). The van der Waals surface area contributed by atoms with Crippen LogP contribution in [-0.4, -0.2) is 75.5 Å². The van der Waals surface area contributed by atoms with Gasteiger partial charge in [0.15, 0.2) is 6.10 Å². The standard InChI is InChI=1S/C57H93NO7/c1-6-8-10-12-14-16-18-20-22-24-26-27-28-30-32-34-36-38-40-42-44-46-48-56(60)65-53(51-63-50-49-54(57(61)62)58(3,4)5)52-64-55(59)47-45-43-41-39-37-35-33-31-29-25-23-21-19-17-15-13-11-9-7-2/h9,11,13,15,17,19,21,23-26,28-31,33,35,37,53-54H,6-8,10,12,14,16,18,20,22,27,32,34,36,38-52H2,1-5H3/b11-9+,15-13+,19-17+,23-21+,26-24+,29-25+,30-28+,33-31+,37-35+.